The number of rotatable bonds is 7. The van der Waals surface area contributed by atoms with Crippen molar-refractivity contribution in [3.63, 3.8) is 0 Å². The molecule has 0 amide bonds. The first-order valence-corrected chi connectivity index (χ1v) is 7.07. The lowest BCUT2D eigenvalue weighted by molar-refractivity contribution is 0.819. The van der Waals surface area contributed by atoms with Crippen LogP contribution in [0.15, 0.2) is 30.5 Å². The molecule has 2 rings (SSSR count). The van der Waals surface area contributed by atoms with Crippen LogP contribution in [0.5, 0.6) is 0 Å². The highest BCUT2D eigenvalue weighted by atomic mass is 35.5. The van der Waals surface area contributed by atoms with E-state index in [2.05, 4.69) is 32.7 Å². The second kappa shape index (κ2) is 7.65. The van der Waals surface area contributed by atoms with Crippen LogP contribution in [-0.2, 0) is 6.54 Å². The fraction of sp³-hybridized carbons (Fsp3) is 0.357. The molecule has 1 aromatic heterocycles. The zero-order valence-corrected chi connectivity index (χ0v) is 12.2. The van der Waals surface area contributed by atoms with E-state index in [1.54, 1.807) is 6.20 Å². The Labute approximate surface area is 123 Å². The average Bonchev–Trinajstić information content (AvgIpc) is 2.47. The lowest BCUT2D eigenvalue weighted by atomic mass is 10.2. The zero-order valence-electron chi connectivity index (χ0n) is 11.4. The summed E-state index contributed by atoms with van der Waals surface area (Å²) in [6.45, 7) is 3.67. The zero-order chi connectivity index (χ0) is 14.2. The van der Waals surface area contributed by atoms with E-state index in [4.69, 9.17) is 11.6 Å². The summed E-state index contributed by atoms with van der Waals surface area (Å²) in [5.74, 6) is 1.26. The van der Waals surface area contributed by atoms with Crippen LogP contribution in [0.25, 0.3) is 0 Å². The molecule has 0 aliphatic carbocycles. The Morgan fingerprint density at radius 1 is 1.15 bits per heavy atom. The average molecular weight is 292 g/mol. The smallest absolute Gasteiger partial charge is 0.244 e. The van der Waals surface area contributed by atoms with Gasteiger partial charge in [-0.15, -0.1) is 5.10 Å². The number of halogens is 1. The van der Waals surface area contributed by atoms with Gasteiger partial charge in [-0.2, -0.15) is 10.1 Å². The van der Waals surface area contributed by atoms with Crippen LogP contribution in [0.1, 0.15) is 25.3 Å². The van der Waals surface area contributed by atoms with Gasteiger partial charge in [0.15, 0.2) is 5.82 Å². The topological polar surface area (TPSA) is 62.7 Å². The van der Waals surface area contributed by atoms with Gasteiger partial charge >= 0.3 is 0 Å². The fourth-order valence-electron chi connectivity index (χ4n) is 1.64. The molecule has 0 fully saturated rings. The van der Waals surface area contributed by atoms with Crippen LogP contribution in [0.2, 0.25) is 5.02 Å². The molecule has 0 unspecified atom stereocenters. The molecule has 2 aromatic rings. The van der Waals surface area contributed by atoms with Crippen LogP contribution in [-0.4, -0.2) is 21.7 Å². The van der Waals surface area contributed by atoms with Gasteiger partial charge in [0.25, 0.3) is 0 Å². The van der Waals surface area contributed by atoms with Crippen LogP contribution in [0, 0.1) is 0 Å². The molecular weight excluding hydrogens is 274 g/mol. The van der Waals surface area contributed by atoms with Crippen LogP contribution >= 0.6 is 11.6 Å². The third-order valence-electron chi connectivity index (χ3n) is 2.76. The van der Waals surface area contributed by atoms with E-state index in [0.29, 0.717) is 18.3 Å². The summed E-state index contributed by atoms with van der Waals surface area (Å²) < 4.78 is 0. The molecule has 5 nitrogen and oxygen atoms in total. The Hall–Kier alpha value is -1.88. The molecule has 2 N–H and O–H groups in total. The molecule has 0 saturated carbocycles. The summed E-state index contributed by atoms with van der Waals surface area (Å²) in [4.78, 5) is 4.36. The van der Waals surface area contributed by atoms with E-state index >= 15 is 0 Å². The van der Waals surface area contributed by atoms with E-state index in [1.165, 1.54) is 0 Å². The van der Waals surface area contributed by atoms with Crippen molar-refractivity contribution in [2.75, 3.05) is 17.2 Å². The number of anilines is 2. The summed E-state index contributed by atoms with van der Waals surface area (Å²) in [7, 11) is 0. The SMILES string of the molecule is CCCCNc1nncc(NCc2ccc(Cl)cc2)n1. The molecule has 0 spiro atoms. The summed E-state index contributed by atoms with van der Waals surface area (Å²) in [5, 5.41) is 15.0. The Morgan fingerprint density at radius 3 is 2.70 bits per heavy atom. The van der Waals surface area contributed by atoms with Crippen molar-refractivity contribution in [2.45, 2.75) is 26.3 Å². The Bertz CT molecular complexity index is 529. The number of hydrogen-bond donors (Lipinski definition) is 2. The third kappa shape index (κ3) is 4.66. The maximum absolute atomic E-state index is 5.85. The van der Waals surface area contributed by atoms with E-state index in [1.807, 2.05) is 24.3 Å². The van der Waals surface area contributed by atoms with Gasteiger partial charge in [-0.3, -0.25) is 0 Å². The standard InChI is InChI=1S/C14H18ClN5/c1-2-3-8-16-14-19-13(10-18-20-14)17-9-11-4-6-12(15)7-5-11/h4-7,10H,2-3,8-9H2,1H3,(H2,16,17,19,20). The van der Waals surface area contributed by atoms with E-state index in [9.17, 15) is 0 Å². The Balaban J connectivity index is 1.89. The van der Waals surface area contributed by atoms with Crippen LogP contribution < -0.4 is 10.6 Å². The van der Waals surface area contributed by atoms with Crippen LogP contribution in [0.4, 0.5) is 11.8 Å². The largest absolute Gasteiger partial charge is 0.365 e. The third-order valence-corrected chi connectivity index (χ3v) is 3.01. The van der Waals surface area contributed by atoms with Crippen molar-refractivity contribution < 1.29 is 0 Å². The highest BCUT2D eigenvalue weighted by Crippen LogP contribution is 2.11. The van der Waals surface area contributed by atoms with Gasteiger partial charge in [0.2, 0.25) is 5.95 Å². The minimum absolute atomic E-state index is 0.555. The molecular formula is C14H18ClN5. The molecule has 0 saturated heterocycles. The minimum atomic E-state index is 0.555. The first-order valence-electron chi connectivity index (χ1n) is 6.70. The number of nitrogens with one attached hydrogen (secondary N) is 2. The molecule has 0 aliphatic rings. The summed E-state index contributed by atoms with van der Waals surface area (Å²) in [6.07, 6.45) is 3.83. The first kappa shape index (κ1) is 14.5. The Kier molecular flexibility index (Phi) is 5.55. The monoisotopic (exact) mass is 291 g/mol. The Morgan fingerprint density at radius 2 is 1.95 bits per heavy atom. The van der Waals surface area contributed by atoms with Crippen molar-refractivity contribution in [1.29, 1.82) is 0 Å². The van der Waals surface area contributed by atoms with Crippen LogP contribution in [0.3, 0.4) is 0 Å². The number of unbranched alkanes of at least 4 members (excludes halogenated alkanes) is 1. The van der Waals surface area contributed by atoms with Crippen molar-refractivity contribution in [1.82, 2.24) is 15.2 Å². The number of benzene rings is 1. The molecule has 0 radical (unpaired) electrons. The highest BCUT2D eigenvalue weighted by Gasteiger charge is 2.00. The van der Waals surface area contributed by atoms with Gasteiger partial charge in [-0.25, -0.2) is 0 Å². The number of nitrogens with zero attached hydrogens (tertiary/aromatic N) is 3. The summed E-state index contributed by atoms with van der Waals surface area (Å²) in [5.41, 5.74) is 1.13. The van der Waals surface area contributed by atoms with E-state index in [-0.39, 0.29) is 0 Å². The van der Waals surface area contributed by atoms with Gasteiger partial charge in [-0.05, 0) is 24.1 Å². The molecule has 20 heavy (non-hydrogen) atoms. The van der Waals surface area contributed by atoms with Crippen molar-refractivity contribution in [3.8, 4) is 0 Å². The predicted molar refractivity (Wildman–Crippen MR) is 82.0 cm³/mol. The first-order chi connectivity index (χ1) is 9.78. The lowest BCUT2D eigenvalue weighted by Gasteiger charge is -2.07. The van der Waals surface area contributed by atoms with Crippen molar-refractivity contribution >= 4 is 23.4 Å². The minimum Gasteiger partial charge on any atom is -0.365 e. The van der Waals surface area contributed by atoms with Gasteiger partial charge in [0, 0.05) is 18.1 Å². The van der Waals surface area contributed by atoms with Crippen molar-refractivity contribution in [2.24, 2.45) is 0 Å². The molecule has 6 heteroatoms. The molecule has 1 heterocycles. The quantitative estimate of drug-likeness (QED) is 0.766. The normalized spacial score (nSPS) is 10.3. The molecule has 0 atom stereocenters. The highest BCUT2D eigenvalue weighted by molar-refractivity contribution is 6.30. The number of aromatic nitrogens is 3. The fourth-order valence-corrected chi connectivity index (χ4v) is 1.76. The van der Waals surface area contributed by atoms with Gasteiger partial charge < -0.3 is 10.6 Å². The summed E-state index contributed by atoms with van der Waals surface area (Å²) >= 11 is 5.85. The number of hydrogen-bond acceptors (Lipinski definition) is 5. The van der Waals surface area contributed by atoms with Gasteiger partial charge in [0.05, 0.1) is 6.20 Å². The lowest BCUT2D eigenvalue weighted by Crippen LogP contribution is -2.09. The molecule has 1 aromatic carbocycles. The maximum atomic E-state index is 5.85. The maximum Gasteiger partial charge on any atom is 0.244 e. The van der Waals surface area contributed by atoms with Gasteiger partial charge in [-0.1, -0.05) is 37.1 Å². The van der Waals surface area contributed by atoms with Gasteiger partial charge in [0.1, 0.15) is 0 Å². The van der Waals surface area contributed by atoms with E-state index in [0.717, 1.165) is 30.0 Å². The van der Waals surface area contributed by atoms with Crippen molar-refractivity contribution in [3.05, 3.63) is 41.0 Å². The molecule has 0 aliphatic heterocycles. The molecule has 106 valence electrons. The second-order valence-electron chi connectivity index (χ2n) is 4.43. The van der Waals surface area contributed by atoms with E-state index < -0.39 is 0 Å². The predicted octanol–water partition coefficient (Wildman–Crippen LogP) is 3.35. The summed E-state index contributed by atoms with van der Waals surface area (Å²) in [6, 6.07) is 7.69. The molecule has 0 bridgehead atoms. The second-order valence-corrected chi connectivity index (χ2v) is 4.86.